The van der Waals surface area contributed by atoms with Gasteiger partial charge in [-0.05, 0) is 62.9 Å². The number of likely N-dealkylation sites (tertiary alicyclic amines) is 1. The molecule has 5 N–H and O–H groups in total. The molecule has 0 bridgehead atoms. The van der Waals surface area contributed by atoms with E-state index in [0.29, 0.717) is 41.0 Å². The molecule has 1 aromatic carbocycles. The molecule has 2 unspecified atom stereocenters. The maximum Gasteiger partial charge on any atom is 0.220 e. The predicted octanol–water partition coefficient (Wildman–Crippen LogP) is 3.80. The summed E-state index contributed by atoms with van der Waals surface area (Å²) in [6.07, 6.45) is 3.72. The lowest BCUT2D eigenvalue weighted by atomic mass is 10.1. The normalized spacial score (nSPS) is 17.9. The smallest absolute Gasteiger partial charge is 0.220 e. The van der Waals surface area contributed by atoms with Gasteiger partial charge in [-0.2, -0.15) is 0 Å². The molecule has 1 aromatic rings. The minimum absolute atomic E-state index is 0.0739. The van der Waals surface area contributed by atoms with Crippen molar-refractivity contribution in [2.24, 2.45) is 17.4 Å². The molecule has 0 aliphatic carbocycles. The first-order valence-electron chi connectivity index (χ1n) is 10.1. The van der Waals surface area contributed by atoms with Crippen LogP contribution in [0.15, 0.2) is 18.2 Å². The van der Waals surface area contributed by atoms with Crippen LogP contribution in [0.3, 0.4) is 0 Å². The van der Waals surface area contributed by atoms with Crippen LogP contribution < -0.4 is 16.8 Å². The Kier molecular flexibility index (Phi) is 12.0. The summed E-state index contributed by atoms with van der Waals surface area (Å²) in [5.41, 5.74) is 12.2. The summed E-state index contributed by atoms with van der Waals surface area (Å²) in [6, 6.07) is 6.38. The van der Waals surface area contributed by atoms with Crippen molar-refractivity contribution >= 4 is 29.1 Å². The number of hydrogen-bond acceptors (Lipinski definition) is 4. The highest BCUT2D eigenvalue weighted by atomic mass is 35.5. The van der Waals surface area contributed by atoms with Gasteiger partial charge in [-0.15, -0.1) is 0 Å². The van der Waals surface area contributed by atoms with E-state index in [1.54, 1.807) is 12.1 Å². The highest BCUT2D eigenvalue weighted by Crippen LogP contribution is 2.22. The summed E-state index contributed by atoms with van der Waals surface area (Å²) in [6.45, 7) is 9.92. The lowest BCUT2D eigenvalue weighted by Crippen LogP contribution is -2.34. The highest BCUT2D eigenvalue weighted by molar-refractivity contribution is 6.42. The first-order valence-corrected chi connectivity index (χ1v) is 10.9. The molecule has 1 heterocycles. The first-order chi connectivity index (χ1) is 13.2. The number of amides is 1. The van der Waals surface area contributed by atoms with E-state index in [-0.39, 0.29) is 5.91 Å². The largest absolute Gasteiger partial charge is 0.352 e. The van der Waals surface area contributed by atoms with Gasteiger partial charge in [0, 0.05) is 31.6 Å². The van der Waals surface area contributed by atoms with Gasteiger partial charge in [0.1, 0.15) is 0 Å². The molecule has 1 fully saturated rings. The summed E-state index contributed by atoms with van der Waals surface area (Å²) in [5.74, 6) is 0.621. The molecule has 1 aliphatic rings. The van der Waals surface area contributed by atoms with Gasteiger partial charge in [0.25, 0.3) is 0 Å². The molecule has 28 heavy (non-hydrogen) atoms. The fraction of sp³-hybridized carbons (Fsp3) is 0.667. The molecule has 7 heteroatoms. The van der Waals surface area contributed by atoms with Crippen molar-refractivity contribution in [2.75, 3.05) is 19.6 Å². The van der Waals surface area contributed by atoms with E-state index in [0.717, 1.165) is 44.5 Å². The average Bonchev–Trinajstić information content (AvgIpc) is 3.08. The van der Waals surface area contributed by atoms with Crippen LogP contribution in [0.4, 0.5) is 0 Å². The van der Waals surface area contributed by atoms with Gasteiger partial charge in [0.15, 0.2) is 0 Å². The first kappa shape index (κ1) is 25.2. The van der Waals surface area contributed by atoms with Crippen LogP contribution in [0.1, 0.15) is 52.0 Å². The number of carbonyl (C=O) groups is 1. The van der Waals surface area contributed by atoms with Crippen molar-refractivity contribution in [3.05, 3.63) is 33.8 Å². The lowest BCUT2D eigenvalue weighted by molar-refractivity contribution is -0.121. The molecule has 5 nitrogen and oxygen atoms in total. The van der Waals surface area contributed by atoms with Crippen molar-refractivity contribution in [1.29, 1.82) is 0 Å². The Balaban J connectivity index is 0.000000307. The van der Waals surface area contributed by atoms with E-state index in [4.69, 9.17) is 34.7 Å². The number of nitrogens with one attached hydrogen (secondary N) is 1. The zero-order valence-corrected chi connectivity index (χ0v) is 18.9. The molecular formula is C21H36Cl2N4O. The second-order valence-electron chi connectivity index (χ2n) is 7.93. The fourth-order valence-corrected chi connectivity index (χ4v) is 3.32. The number of halogens is 2. The summed E-state index contributed by atoms with van der Waals surface area (Å²) in [4.78, 5) is 13.9. The SMILES string of the molecule is CC(C)CCC(=O)NCc1ccc(Cl)c(Cl)c1.CC(CCN)N1CCC(N)C1. The maximum atomic E-state index is 11.5. The van der Waals surface area contributed by atoms with E-state index in [9.17, 15) is 4.79 Å². The minimum atomic E-state index is 0.0739. The summed E-state index contributed by atoms with van der Waals surface area (Å²) < 4.78 is 0. The Morgan fingerprint density at radius 2 is 1.96 bits per heavy atom. The van der Waals surface area contributed by atoms with Gasteiger partial charge in [0.2, 0.25) is 5.91 Å². The van der Waals surface area contributed by atoms with Crippen LogP contribution in [0.25, 0.3) is 0 Å². The molecule has 0 radical (unpaired) electrons. The molecule has 0 aromatic heterocycles. The van der Waals surface area contributed by atoms with E-state index in [1.165, 1.54) is 0 Å². The monoisotopic (exact) mass is 430 g/mol. The number of rotatable bonds is 8. The van der Waals surface area contributed by atoms with Gasteiger partial charge in [0.05, 0.1) is 10.0 Å². The lowest BCUT2D eigenvalue weighted by Gasteiger charge is -2.23. The van der Waals surface area contributed by atoms with Crippen molar-refractivity contribution in [2.45, 2.75) is 65.1 Å². The standard InChI is InChI=1S/C13H17Cl2NO.C8H19N3/c1-9(2)3-6-13(17)16-8-10-4-5-11(14)12(15)7-10;1-7(2-4-9)11-5-3-8(10)6-11/h4-5,7,9H,3,6,8H2,1-2H3,(H,16,17);7-8H,2-6,9-10H2,1H3. The molecule has 160 valence electrons. The van der Waals surface area contributed by atoms with Crippen LogP contribution in [-0.2, 0) is 11.3 Å². The number of benzene rings is 1. The third-order valence-corrected chi connectivity index (χ3v) is 5.63. The van der Waals surface area contributed by atoms with Gasteiger partial charge in [-0.3, -0.25) is 9.69 Å². The Hall–Kier alpha value is -0.850. The Labute approximate surface area is 180 Å². The van der Waals surface area contributed by atoms with Crippen LogP contribution in [-0.4, -0.2) is 42.5 Å². The molecule has 0 spiro atoms. The predicted molar refractivity (Wildman–Crippen MR) is 120 cm³/mol. The minimum Gasteiger partial charge on any atom is -0.352 e. The second kappa shape index (κ2) is 13.4. The molecule has 2 rings (SSSR count). The maximum absolute atomic E-state index is 11.5. The van der Waals surface area contributed by atoms with Crippen molar-refractivity contribution in [3.8, 4) is 0 Å². The molecule has 1 saturated heterocycles. The Bertz CT molecular complexity index is 598. The van der Waals surface area contributed by atoms with Gasteiger partial charge < -0.3 is 16.8 Å². The van der Waals surface area contributed by atoms with Gasteiger partial charge >= 0.3 is 0 Å². The summed E-state index contributed by atoms with van der Waals surface area (Å²) in [5, 5.41) is 3.90. The molecule has 1 aliphatic heterocycles. The summed E-state index contributed by atoms with van der Waals surface area (Å²) >= 11 is 11.7. The van der Waals surface area contributed by atoms with E-state index >= 15 is 0 Å². The Morgan fingerprint density at radius 1 is 1.25 bits per heavy atom. The molecular weight excluding hydrogens is 395 g/mol. The van der Waals surface area contributed by atoms with Crippen LogP contribution in [0, 0.1) is 5.92 Å². The van der Waals surface area contributed by atoms with Gasteiger partial charge in [-0.1, -0.05) is 43.1 Å². The zero-order chi connectivity index (χ0) is 21.1. The van der Waals surface area contributed by atoms with Crippen LogP contribution in [0.2, 0.25) is 10.0 Å². The third kappa shape index (κ3) is 10.1. The second-order valence-corrected chi connectivity index (χ2v) is 8.74. The van der Waals surface area contributed by atoms with Crippen LogP contribution >= 0.6 is 23.2 Å². The Morgan fingerprint density at radius 3 is 2.50 bits per heavy atom. The van der Waals surface area contributed by atoms with E-state index in [2.05, 4.69) is 31.0 Å². The molecule has 2 atom stereocenters. The summed E-state index contributed by atoms with van der Waals surface area (Å²) in [7, 11) is 0. The average molecular weight is 431 g/mol. The van der Waals surface area contributed by atoms with Crippen molar-refractivity contribution in [1.82, 2.24) is 10.2 Å². The molecule has 0 saturated carbocycles. The number of nitrogens with zero attached hydrogens (tertiary/aromatic N) is 1. The van der Waals surface area contributed by atoms with Crippen molar-refractivity contribution in [3.63, 3.8) is 0 Å². The number of carbonyl (C=O) groups excluding carboxylic acids is 1. The number of nitrogens with two attached hydrogens (primary N) is 2. The van der Waals surface area contributed by atoms with Gasteiger partial charge in [-0.25, -0.2) is 0 Å². The topological polar surface area (TPSA) is 84.4 Å². The van der Waals surface area contributed by atoms with Crippen molar-refractivity contribution < 1.29 is 4.79 Å². The third-order valence-electron chi connectivity index (χ3n) is 4.89. The molecule has 1 amide bonds. The number of hydrogen-bond donors (Lipinski definition) is 3. The zero-order valence-electron chi connectivity index (χ0n) is 17.4. The van der Waals surface area contributed by atoms with E-state index < -0.39 is 0 Å². The van der Waals surface area contributed by atoms with E-state index in [1.807, 2.05) is 6.07 Å². The van der Waals surface area contributed by atoms with Crippen LogP contribution in [0.5, 0.6) is 0 Å². The fourth-order valence-electron chi connectivity index (χ4n) is 3.00. The quantitative estimate of drug-likeness (QED) is 0.585. The highest BCUT2D eigenvalue weighted by Gasteiger charge is 2.22.